The van der Waals surface area contributed by atoms with Crippen molar-refractivity contribution in [3.63, 3.8) is 0 Å². The average Bonchev–Trinajstić information content (AvgIpc) is 2.87. The summed E-state index contributed by atoms with van der Waals surface area (Å²) in [5, 5.41) is 12.8. The number of aliphatic hydroxyl groups excluding tert-OH is 1. The fraction of sp³-hybridized carbons (Fsp3) is 0.600. The summed E-state index contributed by atoms with van der Waals surface area (Å²) >= 11 is 0. The maximum Gasteiger partial charge on any atom is 0.130 e. The highest BCUT2D eigenvalue weighted by atomic mass is 16.3. The van der Waals surface area contributed by atoms with Gasteiger partial charge in [-0.05, 0) is 18.4 Å². The molecule has 4 N–H and O–H groups in total. The zero-order valence-corrected chi connectivity index (χ0v) is 12.1. The molecule has 1 heterocycles. The largest absolute Gasteiger partial charge is 0.395 e. The van der Waals surface area contributed by atoms with E-state index in [2.05, 4.69) is 28.3 Å². The van der Waals surface area contributed by atoms with E-state index in [0.29, 0.717) is 5.82 Å². The summed E-state index contributed by atoms with van der Waals surface area (Å²) < 4.78 is 0. The van der Waals surface area contributed by atoms with E-state index >= 15 is 0 Å². The highest BCUT2D eigenvalue weighted by Crippen LogP contribution is 2.27. The normalized spacial score (nSPS) is 15.0. The fourth-order valence-corrected chi connectivity index (χ4v) is 2.53. The fourth-order valence-electron chi connectivity index (χ4n) is 2.53. The smallest absolute Gasteiger partial charge is 0.130 e. The van der Waals surface area contributed by atoms with Gasteiger partial charge in [0.15, 0.2) is 0 Å². The summed E-state index contributed by atoms with van der Waals surface area (Å²) in [4.78, 5) is 8.34. The Morgan fingerprint density at radius 2 is 2.25 bits per heavy atom. The lowest BCUT2D eigenvalue weighted by atomic mass is 10.1. The molecule has 20 heavy (non-hydrogen) atoms. The van der Waals surface area contributed by atoms with E-state index in [-0.39, 0.29) is 12.6 Å². The minimum absolute atomic E-state index is 0.158. The van der Waals surface area contributed by atoms with Crippen molar-refractivity contribution >= 4 is 11.4 Å². The maximum atomic E-state index is 9.41. The topological polar surface area (TPSA) is 84.1 Å². The number of nitrogens with one attached hydrogen (secondary N) is 1. The number of rotatable bonds is 8. The lowest BCUT2D eigenvalue weighted by Gasteiger charge is -2.16. The second-order valence-corrected chi connectivity index (χ2v) is 5.28. The summed E-state index contributed by atoms with van der Waals surface area (Å²) in [6.45, 7) is 3.09. The summed E-state index contributed by atoms with van der Waals surface area (Å²) in [5.74, 6) is 0.572. The van der Waals surface area contributed by atoms with Gasteiger partial charge >= 0.3 is 0 Å². The van der Waals surface area contributed by atoms with Crippen molar-refractivity contribution in [3.8, 4) is 0 Å². The highest BCUT2D eigenvalue weighted by Gasteiger charge is 2.19. The number of nitrogens with zero attached hydrogens (tertiary/aromatic N) is 2. The molecule has 5 heteroatoms. The summed E-state index contributed by atoms with van der Waals surface area (Å²) in [7, 11) is 0. The first-order valence-corrected chi connectivity index (χ1v) is 7.39. The molecule has 0 spiro atoms. The molecule has 1 aromatic rings. The van der Waals surface area contributed by atoms with Crippen LogP contribution in [0.25, 0.3) is 5.57 Å². The number of nitrogens with two attached hydrogens (primary N) is 1. The second-order valence-electron chi connectivity index (χ2n) is 5.28. The minimum Gasteiger partial charge on any atom is -0.395 e. The van der Waals surface area contributed by atoms with Crippen LogP contribution in [0.2, 0.25) is 0 Å². The molecule has 0 saturated heterocycles. The summed E-state index contributed by atoms with van der Waals surface area (Å²) in [5.41, 5.74) is 8.99. The van der Waals surface area contributed by atoms with Crippen molar-refractivity contribution in [1.82, 2.24) is 15.3 Å². The molecular weight excluding hydrogens is 252 g/mol. The number of aromatic nitrogens is 2. The number of nitrogen functional groups attached to an aromatic ring is 1. The standard InChI is InChI=1S/C15H24N4O/c1-2-3-4-5-12(9-20)17-8-11-6-7-13-14(11)18-10-19-15(13)16/h6,10,12,17,20H,2-5,7-9H2,1H3,(H2,16,18,19)/t12-/m0/s1. The highest BCUT2D eigenvalue weighted by molar-refractivity contribution is 5.74. The molecule has 110 valence electrons. The van der Waals surface area contributed by atoms with Gasteiger partial charge in [-0.2, -0.15) is 0 Å². The number of unbranched alkanes of at least 4 members (excludes halogenated alkanes) is 2. The van der Waals surface area contributed by atoms with Crippen molar-refractivity contribution in [2.45, 2.75) is 45.1 Å². The number of hydrogen-bond donors (Lipinski definition) is 3. The van der Waals surface area contributed by atoms with Crippen molar-refractivity contribution in [1.29, 1.82) is 0 Å². The Balaban J connectivity index is 1.88. The van der Waals surface area contributed by atoms with E-state index in [1.165, 1.54) is 19.2 Å². The number of allylic oxidation sites excluding steroid dienone is 1. The Morgan fingerprint density at radius 3 is 3.00 bits per heavy atom. The van der Waals surface area contributed by atoms with Crippen LogP contribution >= 0.6 is 0 Å². The number of anilines is 1. The average molecular weight is 276 g/mol. The molecule has 1 aliphatic carbocycles. The molecule has 0 radical (unpaired) electrons. The molecule has 0 saturated carbocycles. The molecule has 5 nitrogen and oxygen atoms in total. The van der Waals surface area contributed by atoms with Crippen LogP contribution in [0, 0.1) is 0 Å². The van der Waals surface area contributed by atoms with Crippen molar-refractivity contribution in [2.75, 3.05) is 18.9 Å². The van der Waals surface area contributed by atoms with Gasteiger partial charge in [-0.3, -0.25) is 0 Å². The Labute approximate surface area is 120 Å². The molecule has 0 aliphatic heterocycles. The third kappa shape index (κ3) is 3.55. The van der Waals surface area contributed by atoms with Crippen LogP contribution < -0.4 is 11.1 Å². The summed E-state index contributed by atoms with van der Waals surface area (Å²) in [6.07, 6.45) is 9.04. The summed E-state index contributed by atoms with van der Waals surface area (Å²) in [6, 6.07) is 0.158. The number of aliphatic hydroxyl groups is 1. The van der Waals surface area contributed by atoms with Gasteiger partial charge in [0.05, 0.1) is 12.3 Å². The Hall–Kier alpha value is -1.46. The van der Waals surface area contributed by atoms with Crippen LogP contribution in [0.4, 0.5) is 5.82 Å². The molecule has 0 fully saturated rings. The van der Waals surface area contributed by atoms with Crippen molar-refractivity contribution in [3.05, 3.63) is 23.7 Å². The number of hydrogen-bond acceptors (Lipinski definition) is 5. The Bertz CT molecular complexity index is 473. The Kier molecular flexibility index (Phi) is 5.49. The van der Waals surface area contributed by atoms with Gasteiger partial charge in [0.25, 0.3) is 0 Å². The molecule has 2 rings (SSSR count). The van der Waals surface area contributed by atoms with E-state index in [1.54, 1.807) is 0 Å². The van der Waals surface area contributed by atoms with Gasteiger partial charge in [0, 0.05) is 18.2 Å². The van der Waals surface area contributed by atoms with E-state index in [1.807, 2.05) is 0 Å². The molecule has 0 bridgehead atoms. The van der Waals surface area contributed by atoms with E-state index in [0.717, 1.165) is 42.6 Å². The van der Waals surface area contributed by atoms with Crippen molar-refractivity contribution < 1.29 is 5.11 Å². The molecule has 1 atom stereocenters. The third-order valence-corrected chi connectivity index (χ3v) is 3.79. The molecule has 1 aromatic heterocycles. The lowest BCUT2D eigenvalue weighted by Crippen LogP contribution is -2.33. The SMILES string of the molecule is CCCCC[C@@H](CO)NCC1=CCc2c(N)ncnc21. The Morgan fingerprint density at radius 1 is 1.40 bits per heavy atom. The predicted octanol–water partition coefficient (Wildman–Crippen LogP) is 1.53. The monoisotopic (exact) mass is 276 g/mol. The first kappa shape index (κ1) is 14.9. The van der Waals surface area contributed by atoms with Gasteiger partial charge in [-0.15, -0.1) is 0 Å². The first-order chi connectivity index (χ1) is 9.76. The maximum absolute atomic E-state index is 9.41. The molecule has 0 amide bonds. The third-order valence-electron chi connectivity index (χ3n) is 3.79. The van der Waals surface area contributed by atoms with E-state index in [9.17, 15) is 5.11 Å². The van der Waals surface area contributed by atoms with E-state index < -0.39 is 0 Å². The van der Waals surface area contributed by atoms with Gasteiger partial charge in [0.1, 0.15) is 12.1 Å². The van der Waals surface area contributed by atoms with Crippen LogP contribution in [0.1, 0.15) is 43.9 Å². The molecular formula is C15H24N4O. The minimum atomic E-state index is 0.158. The van der Waals surface area contributed by atoms with Crippen LogP contribution in [-0.4, -0.2) is 34.3 Å². The zero-order valence-electron chi connectivity index (χ0n) is 12.1. The van der Waals surface area contributed by atoms with Crippen LogP contribution in [0.15, 0.2) is 12.4 Å². The first-order valence-electron chi connectivity index (χ1n) is 7.39. The molecule has 1 aliphatic rings. The van der Waals surface area contributed by atoms with Gasteiger partial charge in [0.2, 0.25) is 0 Å². The molecule has 0 unspecified atom stereocenters. The van der Waals surface area contributed by atoms with Crippen LogP contribution in [0.5, 0.6) is 0 Å². The van der Waals surface area contributed by atoms with Crippen LogP contribution in [-0.2, 0) is 6.42 Å². The second kappa shape index (κ2) is 7.36. The zero-order chi connectivity index (χ0) is 14.4. The van der Waals surface area contributed by atoms with Crippen LogP contribution in [0.3, 0.4) is 0 Å². The molecule has 0 aromatic carbocycles. The van der Waals surface area contributed by atoms with Gasteiger partial charge in [-0.1, -0.05) is 32.3 Å². The van der Waals surface area contributed by atoms with E-state index in [4.69, 9.17) is 5.73 Å². The number of fused-ring (bicyclic) bond motifs is 1. The van der Waals surface area contributed by atoms with Gasteiger partial charge < -0.3 is 16.2 Å². The lowest BCUT2D eigenvalue weighted by molar-refractivity contribution is 0.237. The van der Waals surface area contributed by atoms with Gasteiger partial charge in [-0.25, -0.2) is 9.97 Å². The predicted molar refractivity (Wildman–Crippen MR) is 81.1 cm³/mol. The quantitative estimate of drug-likeness (QED) is 0.627. The van der Waals surface area contributed by atoms with Crippen molar-refractivity contribution in [2.24, 2.45) is 0 Å².